The van der Waals surface area contributed by atoms with Crippen LogP contribution in [0.4, 0.5) is 0 Å². The maximum Gasteiger partial charge on any atom is 0.236 e. The summed E-state index contributed by atoms with van der Waals surface area (Å²) in [4.78, 5) is 29.5. The molecule has 5 heterocycles. The van der Waals surface area contributed by atoms with Crippen LogP contribution in [0.3, 0.4) is 0 Å². The van der Waals surface area contributed by atoms with Gasteiger partial charge in [-0.25, -0.2) is 9.97 Å². The number of carbonyl (C=O) groups excluding carboxylic acids is 1. The van der Waals surface area contributed by atoms with Crippen molar-refractivity contribution in [2.45, 2.75) is 51.6 Å². The van der Waals surface area contributed by atoms with Gasteiger partial charge < -0.3 is 14.6 Å². The zero-order valence-electron chi connectivity index (χ0n) is 19.8. The second-order valence-corrected chi connectivity index (χ2v) is 10.0. The molecule has 5 rings (SSSR count). The van der Waals surface area contributed by atoms with Crippen molar-refractivity contribution in [3.63, 3.8) is 0 Å². The predicted molar refractivity (Wildman–Crippen MR) is 130 cm³/mol. The van der Waals surface area contributed by atoms with Crippen LogP contribution in [0.1, 0.15) is 51.0 Å². The van der Waals surface area contributed by atoms with Gasteiger partial charge in [-0.15, -0.1) is 0 Å². The van der Waals surface area contributed by atoms with Crippen molar-refractivity contribution in [1.29, 1.82) is 0 Å². The van der Waals surface area contributed by atoms with Gasteiger partial charge in [-0.3, -0.25) is 9.69 Å². The Balaban J connectivity index is 1.20. The molecule has 2 aliphatic heterocycles. The van der Waals surface area contributed by atoms with E-state index in [-0.39, 0.29) is 12.0 Å². The van der Waals surface area contributed by atoms with Crippen LogP contribution in [0, 0.1) is 5.92 Å². The van der Waals surface area contributed by atoms with Gasteiger partial charge in [0.15, 0.2) is 5.65 Å². The number of amides is 1. The molecule has 1 N–H and O–H groups in total. The summed E-state index contributed by atoms with van der Waals surface area (Å²) in [5.74, 6) is 1.26. The molecule has 0 bridgehead atoms. The lowest BCUT2D eigenvalue weighted by molar-refractivity contribution is -0.137. The number of pyridine rings is 2. The molecule has 1 unspecified atom stereocenters. The van der Waals surface area contributed by atoms with Crippen molar-refractivity contribution >= 4 is 27.8 Å². The Morgan fingerprint density at radius 3 is 2.85 bits per heavy atom. The van der Waals surface area contributed by atoms with Crippen LogP contribution in [-0.4, -0.2) is 76.1 Å². The maximum atomic E-state index is 13.0. The van der Waals surface area contributed by atoms with Crippen molar-refractivity contribution in [1.82, 2.24) is 24.8 Å². The zero-order valence-corrected chi connectivity index (χ0v) is 19.8. The van der Waals surface area contributed by atoms with Gasteiger partial charge in [0.1, 0.15) is 0 Å². The molecule has 7 nitrogen and oxygen atoms in total. The lowest BCUT2D eigenvalue weighted by Crippen LogP contribution is -2.48. The molecule has 2 saturated heterocycles. The molecule has 0 radical (unpaired) electrons. The summed E-state index contributed by atoms with van der Waals surface area (Å²) < 4.78 is 6.02. The highest BCUT2D eigenvalue weighted by Gasteiger charge is 2.28. The molecule has 0 aliphatic carbocycles. The number of ether oxygens (including phenoxy) is 1. The van der Waals surface area contributed by atoms with E-state index in [0.717, 1.165) is 75.0 Å². The lowest BCUT2D eigenvalue weighted by atomic mass is 9.87. The number of rotatable bonds is 6. The first-order valence-corrected chi connectivity index (χ1v) is 12.4. The molecule has 0 spiro atoms. The molecule has 7 heteroatoms. The molecule has 176 valence electrons. The number of aromatic amines is 1. The summed E-state index contributed by atoms with van der Waals surface area (Å²) in [6.07, 6.45) is 10.2. The van der Waals surface area contributed by atoms with Crippen molar-refractivity contribution in [2.24, 2.45) is 5.92 Å². The molecule has 2 fully saturated rings. The van der Waals surface area contributed by atoms with Crippen LogP contribution in [0.2, 0.25) is 0 Å². The van der Waals surface area contributed by atoms with Crippen LogP contribution < -0.4 is 0 Å². The number of piperidine rings is 2. The van der Waals surface area contributed by atoms with E-state index in [0.29, 0.717) is 18.4 Å². The third kappa shape index (κ3) is 4.89. The Hall–Kier alpha value is -2.51. The average Bonchev–Trinajstić information content (AvgIpc) is 3.32. The van der Waals surface area contributed by atoms with Gasteiger partial charge in [-0.05, 0) is 68.3 Å². The quantitative estimate of drug-likeness (QED) is 0.617. The van der Waals surface area contributed by atoms with E-state index in [1.165, 1.54) is 10.9 Å². The number of nitrogens with zero attached hydrogens (tertiary/aromatic N) is 4. The number of hydrogen-bond donors (Lipinski definition) is 1. The molecule has 3 aromatic rings. The van der Waals surface area contributed by atoms with Crippen LogP contribution in [-0.2, 0) is 9.53 Å². The summed E-state index contributed by atoms with van der Waals surface area (Å²) in [5, 5.41) is 2.37. The Morgan fingerprint density at radius 2 is 2.03 bits per heavy atom. The fraction of sp³-hybridized carbons (Fsp3) is 0.577. The summed E-state index contributed by atoms with van der Waals surface area (Å²) in [7, 11) is 0. The number of fused-ring (bicyclic) bond motifs is 3. The second-order valence-electron chi connectivity index (χ2n) is 10.0. The third-order valence-corrected chi connectivity index (χ3v) is 7.11. The average molecular weight is 450 g/mol. The van der Waals surface area contributed by atoms with Crippen LogP contribution in [0.5, 0.6) is 0 Å². The molecule has 1 atom stereocenters. The summed E-state index contributed by atoms with van der Waals surface area (Å²) >= 11 is 0. The Kier molecular flexibility index (Phi) is 6.60. The van der Waals surface area contributed by atoms with E-state index >= 15 is 0 Å². The van der Waals surface area contributed by atoms with E-state index in [4.69, 9.17) is 4.74 Å². The number of aromatic nitrogens is 3. The largest absolute Gasteiger partial charge is 0.376 e. The van der Waals surface area contributed by atoms with Crippen molar-refractivity contribution in [2.75, 3.05) is 39.3 Å². The molecule has 1 amide bonds. The van der Waals surface area contributed by atoms with E-state index in [1.54, 1.807) is 0 Å². The number of likely N-dealkylation sites (tertiary alicyclic amines) is 2. The molecule has 3 aromatic heterocycles. The third-order valence-electron chi connectivity index (χ3n) is 7.11. The number of H-pyrrole nitrogens is 1. The van der Waals surface area contributed by atoms with Crippen molar-refractivity contribution < 1.29 is 9.53 Å². The highest BCUT2D eigenvalue weighted by molar-refractivity contribution is 6.05. The molecular weight excluding hydrogens is 414 g/mol. The summed E-state index contributed by atoms with van der Waals surface area (Å²) in [6, 6.07) is 4.28. The Morgan fingerprint density at radius 1 is 1.18 bits per heavy atom. The Labute approximate surface area is 195 Å². The topological polar surface area (TPSA) is 74.3 Å². The normalized spacial score (nSPS) is 20.8. The zero-order chi connectivity index (χ0) is 22.8. The van der Waals surface area contributed by atoms with Gasteiger partial charge in [-0.1, -0.05) is 13.8 Å². The minimum Gasteiger partial charge on any atom is -0.376 e. The van der Waals surface area contributed by atoms with Gasteiger partial charge in [0.25, 0.3) is 0 Å². The monoisotopic (exact) mass is 449 g/mol. The summed E-state index contributed by atoms with van der Waals surface area (Å²) in [6.45, 7) is 9.14. The first-order chi connectivity index (χ1) is 16.1. The SMILES string of the molecule is CC(C)COC1CCCN(C(=O)CN2CCC(c3cc[nH]c4cnc5nccc5c34)CC2)C1. The molecule has 0 aromatic carbocycles. The van der Waals surface area contributed by atoms with Crippen LogP contribution in [0.15, 0.2) is 30.7 Å². The lowest BCUT2D eigenvalue weighted by Gasteiger charge is -2.36. The van der Waals surface area contributed by atoms with Crippen molar-refractivity contribution in [3.05, 3.63) is 36.3 Å². The van der Waals surface area contributed by atoms with Gasteiger partial charge in [0, 0.05) is 42.9 Å². The molecule has 2 aliphatic rings. The fourth-order valence-corrected chi connectivity index (χ4v) is 5.35. The van der Waals surface area contributed by atoms with Gasteiger partial charge >= 0.3 is 0 Å². The highest BCUT2D eigenvalue weighted by Crippen LogP contribution is 2.35. The van der Waals surface area contributed by atoms with Crippen molar-refractivity contribution in [3.8, 4) is 0 Å². The second kappa shape index (κ2) is 9.77. The van der Waals surface area contributed by atoms with E-state index in [1.807, 2.05) is 23.5 Å². The first-order valence-electron chi connectivity index (χ1n) is 12.4. The minimum absolute atomic E-state index is 0.191. The minimum atomic E-state index is 0.191. The van der Waals surface area contributed by atoms with E-state index in [9.17, 15) is 4.79 Å². The van der Waals surface area contributed by atoms with E-state index < -0.39 is 0 Å². The fourth-order valence-electron chi connectivity index (χ4n) is 5.35. The molecule has 33 heavy (non-hydrogen) atoms. The van der Waals surface area contributed by atoms with Gasteiger partial charge in [0.05, 0.1) is 24.4 Å². The standard InChI is InChI=1S/C26H35N5O2/c1-18(2)17-33-20-4-3-11-31(15-20)24(32)16-30-12-7-19(8-13-30)21-5-9-27-23-14-29-26-22(25(21)23)6-10-28-26/h5-6,9-10,14,18-20,27H,3-4,7-8,11-13,15-17H2,1-2H3. The number of carbonyl (C=O) groups is 1. The smallest absolute Gasteiger partial charge is 0.236 e. The highest BCUT2D eigenvalue weighted by atomic mass is 16.5. The first kappa shape index (κ1) is 22.3. The van der Waals surface area contributed by atoms with E-state index in [2.05, 4.69) is 45.8 Å². The number of hydrogen-bond acceptors (Lipinski definition) is 5. The van der Waals surface area contributed by atoms with Crippen LogP contribution in [0.25, 0.3) is 21.9 Å². The molecular formula is C26H35N5O2. The summed E-state index contributed by atoms with van der Waals surface area (Å²) in [5.41, 5.74) is 3.24. The number of nitrogens with one attached hydrogen (secondary N) is 1. The predicted octanol–water partition coefficient (Wildman–Crippen LogP) is 3.95. The maximum absolute atomic E-state index is 13.0. The molecule has 0 saturated carbocycles. The van der Waals surface area contributed by atoms with Gasteiger partial charge in [0.2, 0.25) is 5.91 Å². The van der Waals surface area contributed by atoms with Gasteiger partial charge in [-0.2, -0.15) is 0 Å². The van der Waals surface area contributed by atoms with Crippen LogP contribution >= 0.6 is 0 Å². The Bertz CT molecular complexity index is 1100.